The van der Waals surface area contributed by atoms with Crippen molar-refractivity contribution in [3.8, 4) is 0 Å². The highest BCUT2D eigenvalue weighted by Crippen LogP contribution is 2.24. The van der Waals surface area contributed by atoms with Gasteiger partial charge in [-0.05, 0) is 44.0 Å². The van der Waals surface area contributed by atoms with Crippen LogP contribution in [-0.4, -0.2) is 28.8 Å². The minimum absolute atomic E-state index is 0.257. The Bertz CT molecular complexity index is 392. The lowest BCUT2D eigenvalue weighted by Gasteiger charge is -2.22. The standard InChI is InChI=1S/C16H27NOS/c1-6-17-16(10-19-14(5)13(4)18)15-8-7-11(2)12(3)9-15/h7-9,13-14,16-18H,6,10H2,1-5H3. The molecule has 1 aromatic carbocycles. The Morgan fingerprint density at radius 1 is 1.21 bits per heavy atom. The molecular weight excluding hydrogens is 254 g/mol. The van der Waals surface area contributed by atoms with Gasteiger partial charge in [-0.25, -0.2) is 0 Å². The van der Waals surface area contributed by atoms with Crippen molar-refractivity contribution in [2.75, 3.05) is 12.3 Å². The average molecular weight is 281 g/mol. The SMILES string of the molecule is CCNC(CSC(C)C(C)O)c1ccc(C)c(C)c1. The molecule has 0 heterocycles. The number of thioether (sulfide) groups is 1. The van der Waals surface area contributed by atoms with Crippen LogP contribution in [0.3, 0.4) is 0 Å². The molecule has 1 aromatic rings. The molecule has 0 aliphatic heterocycles. The van der Waals surface area contributed by atoms with Gasteiger partial charge >= 0.3 is 0 Å². The van der Waals surface area contributed by atoms with Gasteiger partial charge in [0.15, 0.2) is 0 Å². The van der Waals surface area contributed by atoms with E-state index in [1.54, 1.807) is 0 Å². The maximum Gasteiger partial charge on any atom is 0.0628 e. The molecule has 1 rings (SSSR count). The summed E-state index contributed by atoms with van der Waals surface area (Å²) in [4.78, 5) is 0. The number of hydrogen-bond donors (Lipinski definition) is 2. The van der Waals surface area contributed by atoms with Crippen LogP contribution in [0.2, 0.25) is 0 Å². The molecule has 0 bridgehead atoms. The van der Waals surface area contributed by atoms with Gasteiger partial charge in [-0.1, -0.05) is 32.0 Å². The van der Waals surface area contributed by atoms with Gasteiger partial charge in [0.25, 0.3) is 0 Å². The molecule has 0 aliphatic carbocycles. The summed E-state index contributed by atoms with van der Waals surface area (Å²) in [5, 5.41) is 13.4. The van der Waals surface area contributed by atoms with Gasteiger partial charge in [-0.2, -0.15) is 11.8 Å². The van der Waals surface area contributed by atoms with E-state index in [9.17, 15) is 5.11 Å². The summed E-state index contributed by atoms with van der Waals surface area (Å²) in [5.41, 5.74) is 4.02. The predicted molar refractivity (Wildman–Crippen MR) is 85.9 cm³/mol. The molecule has 0 amide bonds. The molecule has 0 aromatic heterocycles. The second-order valence-electron chi connectivity index (χ2n) is 5.23. The lowest BCUT2D eigenvalue weighted by Crippen LogP contribution is -2.25. The Morgan fingerprint density at radius 2 is 1.89 bits per heavy atom. The second kappa shape index (κ2) is 7.93. The number of nitrogens with one attached hydrogen (secondary N) is 1. The first-order valence-corrected chi connectivity index (χ1v) is 8.10. The smallest absolute Gasteiger partial charge is 0.0628 e. The van der Waals surface area contributed by atoms with Crippen molar-refractivity contribution in [3.63, 3.8) is 0 Å². The van der Waals surface area contributed by atoms with E-state index in [0.717, 1.165) is 12.3 Å². The molecule has 0 saturated heterocycles. The van der Waals surface area contributed by atoms with Crippen LogP contribution in [-0.2, 0) is 0 Å². The van der Waals surface area contributed by atoms with Crippen molar-refractivity contribution in [2.24, 2.45) is 0 Å². The van der Waals surface area contributed by atoms with Crippen molar-refractivity contribution in [2.45, 2.75) is 52.0 Å². The second-order valence-corrected chi connectivity index (χ2v) is 6.64. The largest absolute Gasteiger partial charge is 0.392 e. The van der Waals surface area contributed by atoms with Gasteiger partial charge in [-0.3, -0.25) is 0 Å². The first-order valence-electron chi connectivity index (χ1n) is 7.05. The Hall–Kier alpha value is -0.510. The van der Waals surface area contributed by atoms with Gasteiger partial charge < -0.3 is 10.4 Å². The Balaban J connectivity index is 2.73. The molecule has 19 heavy (non-hydrogen) atoms. The van der Waals surface area contributed by atoms with E-state index >= 15 is 0 Å². The Kier molecular flexibility index (Phi) is 6.90. The molecule has 0 fully saturated rings. The van der Waals surface area contributed by atoms with Crippen molar-refractivity contribution >= 4 is 11.8 Å². The molecule has 2 N–H and O–H groups in total. The van der Waals surface area contributed by atoms with E-state index in [1.807, 2.05) is 18.7 Å². The highest BCUT2D eigenvalue weighted by Gasteiger charge is 2.15. The molecule has 0 saturated carbocycles. The molecule has 0 aliphatic rings. The summed E-state index contributed by atoms with van der Waals surface area (Å²) in [6, 6.07) is 7.03. The fourth-order valence-corrected chi connectivity index (χ4v) is 2.97. The molecule has 0 radical (unpaired) electrons. The molecule has 3 unspecified atom stereocenters. The Labute approximate surface area is 122 Å². The Morgan fingerprint density at radius 3 is 2.42 bits per heavy atom. The zero-order valence-corrected chi connectivity index (χ0v) is 13.6. The van der Waals surface area contributed by atoms with Crippen LogP contribution in [0, 0.1) is 13.8 Å². The van der Waals surface area contributed by atoms with Crippen molar-refractivity contribution < 1.29 is 5.11 Å². The van der Waals surface area contributed by atoms with Crippen LogP contribution in [0.25, 0.3) is 0 Å². The number of aryl methyl sites for hydroxylation is 2. The monoisotopic (exact) mass is 281 g/mol. The highest BCUT2D eigenvalue weighted by molar-refractivity contribution is 7.99. The number of rotatable bonds is 7. The lowest BCUT2D eigenvalue weighted by molar-refractivity contribution is 0.196. The first kappa shape index (κ1) is 16.5. The predicted octanol–water partition coefficient (Wildman–Crippen LogP) is 3.46. The van der Waals surface area contributed by atoms with E-state index in [2.05, 4.69) is 51.2 Å². The third-order valence-corrected chi connectivity index (χ3v) is 5.03. The van der Waals surface area contributed by atoms with Crippen LogP contribution < -0.4 is 5.32 Å². The summed E-state index contributed by atoms with van der Waals surface area (Å²) in [7, 11) is 0. The third-order valence-electron chi connectivity index (χ3n) is 3.59. The van der Waals surface area contributed by atoms with Gasteiger partial charge in [0.1, 0.15) is 0 Å². The van der Waals surface area contributed by atoms with E-state index in [-0.39, 0.29) is 11.4 Å². The third kappa shape index (κ3) is 5.17. The maximum atomic E-state index is 9.57. The van der Waals surface area contributed by atoms with E-state index in [0.29, 0.717) is 6.04 Å². The van der Waals surface area contributed by atoms with Crippen LogP contribution in [0.5, 0.6) is 0 Å². The minimum Gasteiger partial charge on any atom is -0.392 e. The van der Waals surface area contributed by atoms with Crippen LogP contribution in [0.4, 0.5) is 0 Å². The molecule has 0 spiro atoms. The fourth-order valence-electron chi connectivity index (χ4n) is 1.89. The van der Waals surface area contributed by atoms with Crippen molar-refractivity contribution in [1.29, 1.82) is 0 Å². The number of hydrogen-bond acceptors (Lipinski definition) is 3. The molecular formula is C16H27NOS. The van der Waals surface area contributed by atoms with Crippen LogP contribution in [0.1, 0.15) is 43.5 Å². The van der Waals surface area contributed by atoms with E-state index in [4.69, 9.17) is 0 Å². The number of benzene rings is 1. The van der Waals surface area contributed by atoms with Crippen LogP contribution in [0.15, 0.2) is 18.2 Å². The van der Waals surface area contributed by atoms with Gasteiger partial charge in [0.2, 0.25) is 0 Å². The maximum absolute atomic E-state index is 9.57. The van der Waals surface area contributed by atoms with Gasteiger partial charge in [-0.15, -0.1) is 0 Å². The molecule has 3 heteroatoms. The van der Waals surface area contributed by atoms with E-state index in [1.165, 1.54) is 16.7 Å². The molecule has 3 atom stereocenters. The van der Waals surface area contributed by atoms with Crippen molar-refractivity contribution in [3.05, 3.63) is 34.9 Å². The first-order chi connectivity index (χ1) is 8.95. The average Bonchev–Trinajstić information content (AvgIpc) is 2.37. The van der Waals surface area contributed by atoms with Crippen LogP contribution >= 0.6 is 11.8 Å². The summed E-state index contributed by atoms with van der Waals surface area (Å²) in [5.74, 6) is 0.988. The minimum atomic E-state index is -0.257. The van der Waals surface area contributed by atoms with E-state index < -0.39 is 0 Å². The summed E-state index contributed by atoms with van der Waals surface area (Å²) in [6.45, 7) is 11.3. The number of aliphatic hydroxyl groups is 1. The normalized spacial score (nSPS) is 16.1. The molecule has 2 nitrogen and oxygen atoms in total. The van der Waals surface area contributed by atoms with Gasteiger partial charge in [0.05, 0.1) is 6.10 Å². The fraction of sp³-hybridized carbons (Fsp3) is 0.625. The summed E-state index contributed by atoms with van der Waals surface area (Å²) in [6.07, 6.45) is -0.257. The van der Waals surface area contributed by atoms with Crippen molar-refractivity contribution in [1.82, 2.24) is 5.32 Å². The number of aliphatic hydroxyl groups excluding tert-OH is 1. The topological polar surface area (TPSA) is 32.3 Å². The summed E-state index contributed by atoms with van der Waals surface area (Å²) < 4.78 is 0. The van der Waals surface area contributed by atoms with Gasteiger partial charge in [0, 0.05) is 17.0 Å². The highest BCUT2D eigenvalue weighted by atomic mass is 32.2. The quantitative estimate of drug-likeness (QED) is 0.803. The zero-order chi connectivity index (χ0) is 14.4. The zero-order valence-electron chi connectivity index (χ0n) is 12.7. The summed E-state index contributed by atoms with van der Waals surface area (Å²) >= 11 is 1.82. The lowest BCUT2D eigenvalue weighted by atomic mass is 10.0. The molecule has 108 valence electrons.